The molecular weight excluding hydrogens is 244 g/mol. The van der Waals surface area contributed by atoms with E-state index in [9.17, 15) is 8.78 Å². The Labute approximate surface area is 104 Å². The lowest BCUT2D eigenvalue weighted by Gasteiger charge is -2.25. The lowest BCUT2D eigenvalue weighted by molar-refractivity contribution is 0.565. The van der Waals surface area contributed by atoms with E-state index in [1.165, 1.54) is 0 Å². The highest BCUT2D eigenvalue weighted by atomic mass is 32.2. The Bertz CT molecular complexity index is 408. The van der Waals surface area contributed by atoms with E-state index in [2.05, 4.69) is 10.3 Å². The van der Waals surface area contributed by atoms with Crippen LogP contribution in [0.25, 0.3) is 0 Å². The molecule has 0 radical (unpaired) electrons. The molecule has 1 aliphatic rings. The van der Waals surface area contributed by atoms with Crippen LogP contribution in [0.2, 0.25) is 0 Å². The first-order valence-electron chi connectivity index (χ1n) is 5.48. The third kappa shape index (κ3) is 2.46. The molecule has 0 amide bonds. The van der Waals surface area contributed by atoms with Gasteiger partial charge in [-0.05, 0) is 12.2 Å². The van der Waals surface area contributed by atoms with E-state index in [-0.39, 0.29) is 17.7 Å². The lowest BCUT2D eigenvalue weighted by Crippen LogP contribution is -2.33. The molecule has 3 nitrogen and oxygen atoms in total. The highest BCUT2D eigenvalue weighted by Crippen LogP contribution is 2.28. The molecule has 2 rings (SSSR count). The third-order valence-corrected chi connectivity index (χ3v) is 4.08. The molecule has 1 unspecified atom stereocenters. The van der Waals surface area contributed by atoms with Gasteiger partial charge in [-0.25, -0.2) is 13.8 Å². The van der Waals surface area contributed by atoms with Crippen molar-refractivity contribution in [3.8, 4) is 0 Å². The van der Waals surface area contributed by atoms with Crippen LogP contribution in [0.4, 0.5) is 20.4 Å². The van der Waals surface area contributed by atoms with Crippen molar-refractivity contribution >= 4 is 23.4 Å². The molecule has 0 spiro atoms. The molecule has 1 aliphatic heterocycles. The van der Waals surface area contributed by atoms with Crippen LogP contribution in [0, 0.1) is 11.6 Å². The van der Waals surface area contributed by atoms with E-state index < -0.39 is 11.6 Å². The van der Waals surface area contributed by atoms with Gasteiger partial charge in [-0.1, -0.05) is 0 Å². The van der Waals surface area contributed by atoms with E-state index in [0.29, 0.717) is 0 Å². The van der Waals surface area contributed by atoms with Gasteiger partial charge >= 0.3 is 0 Å². The molecule has 0 aliphatic carbocycles. The van der Waals surface area contributed by atoms with Crippen molar-refractivity contribution in [2.75, 3.05) is 35.8 Å². The minimum atomic E-state index is -0.664. The van der Waals surface area contributed by atoms with Crippen LogP contribution in [0.3, 0.4) is 0 Å². The Hall–Kier alpha value is -1.04. The summed E-state index contributed by atoms with van der Waals surface area (Å²) in [6.07, 6.45) is 1.01. The van der Waals surface area contributed by atoms with Gasteiger partial charge in [-0.15, -0.1) is 0 Å². The Balaban J connectivity index is 2.30. The zero-order valence-electron chi connectivity index (χ0n) is 9.83. The molecule has 1 aromatic heterocycles. The summed E-state index contributed by atoms with van der Waals surface area (Å²) in [6, 6.07) is 1.16. The second-order valence-electron chi connectivity index (χ2n) is 4.00. The quantitative estimate of drug-likeness (QED) is 0.902. The maximum atomic E-state index is 13.7. The van der Waals surface area contributed by atoms with Gasteiger partial charge in [0.1, 0.15) is 0 Å². The Morgan fingerprint density at radius 2 is 2.24 bits per heavy atom. The Morgan fingerprint density at radius 1 is 1.47 bits per heavy atom. The molecule has 0 saturated carbocycles. The average molecular weight is 259 g/mol. The topological polar surface area (TPSA) is 28.2 Å². The van der Waals surface area contributed by atoms with Gasteiger partial charge in [-0.3, -0.25) is 0 Å². The molecule has 1 aromatic rings. The van der Waals surface area contributed by atoms with Gasteiger partial charge in [0.05, 0.1) is 0 Å². The standard InChI is InChI=1S/C11H15F2N3S/c1-14-10-8(12)5-9(13)11(15-10)16(2)7-3-4-17-6-7/h5,7H,3-4,6H2,1-2H3,(H,14,15). The summed E-state index contributed by atoms with van der Waals surface area (Å²) < 4.78 is 27.0. The maximum Gasteiger partial charge on any atom is 0.168 e. The molecule has 94 valence electrons. The molecule has 0 aromatic carbocycles. The predicted molar refractivity (Wildman–Crippen MR) is 67.8 cm³/mol. The first-order chi connectivity index (χ1) is 8.13. The second kappa shape index (κ2) is 5.08. The van der Waals surface area contributed by atoms with Gasteiger partial charge in [0.25, 0.3) is 0 Å². The highest BCUT2D eigenvalue weighted by Gasteiger charge is 2.24. The minimum Gasteiger partial charge on any atom is -0.371 e. The summed E-state index contributed by atoms with van der Waals surface area (Å²) in [7, 11) is 3.37. The molecule has 1 atom stereocenters. The van der Waals surface area contributed by atoms with Crippen molar-refractivity contribution in [1.29, 1.82) is 0 Å². The van der Waals surface area contributed by atoms with Crippen LogP contribution in [-0.4, -0.2) is 36.6 Å². The molecule has 1 fully saturated rings. The van der Waals surface area contributed by atoms with Gasteiger partial charge in [0, 0.05) is 32.0 Å². The van der Waals surface area contributed by atoms with Crippen molar-refractivity contribution in [3.63, 3.8) is 0 Å². The van der Waals surface area contributed by atoms with E-state index in [1.54, 1.807) is 19.0 Å². The predicted octanol–water partition coefficient (Wildman–Crippen LogP) is 2.34. The van der Waals surface area contributed by atoms with Gasteiger partial charge < -0.3 is 10.2 Å². The van der Waals surface area contributed by atoms with Gasteiger partial charge in [0.15, 0.2) is 23.3 Å². The number of thioether (sulfide) groups is 1. The minimum absolute atomic E-state index is 0.0823. The summed E-state index contributed by atoms with van der Waals surface area (Å²) >= 11 is 1.84. The largest absolute Gasteiger partial charge is 0.371 e. The zero-order chi connectivity index (χ0) is 12.4. The Morgan fingerprint density at radius 3 is 2.82 bits per heavy atom. The molecular formula is C11H15F2N3S. The number of pyridine rings is 1. The lowest BCUT2D eigenvalue weighted by atomic mass is 10.2. The third-order valence-electron chi connectivity index (χ3n) is 2.94. The fourth-order valence-electron chi connectivity index (χ4n) is 1.88. The van der Waals surface area contributed by atoms with E-state index in [4.69, 9.17) is 0 Å². The average Bonchev–Trinajstić information content (AvgIpc) is 2.82. The number of aromatic nitrogens is 1. The van der Waals surface area contributed by atoms with Crippen LogP contribution >= 0.6 is 11.8 Å². The van der Waals surface area contributed by atoms with Crippen LogP contribution in [0.1, 0.15) is 6.42 Å². The number of hydrogen-bond acceptors (Lipinski definition) is 4. The number of anilines is 2. The number of rotatable bonds is 3. The van der Waals surface area contributed by atoms with Crippen molar-refractivity contribution in [2.24, 2.45) is 0 Å². The van der Waals surface area contributed by atoms with E-state index >= 15 is 0 Å². The summed E-state index contributed by atoms with van der Waals surface area (Å²) in [6.45, 7) is 0. The number of halogens is 2. The second-order valence-corrected chi connectivity index (χ2v) is 5.15. The van der Waals surface area contributed by atoms with Crippen LogP contribution in [0.15, 0.2) is 6.07 Å². The first-order valence-corrected chi connectivity index (χ1v) is 6.63. The number of hydrogen-bond donors (Lipinski definition) is 1. The maximum absolute atomic E-state index is 13.7. The Kier molecular flexibility index (Phi) is 3.71. The highest BCUT2D eigenvalue weighted by molar-refractivity contribution is 7.99. The van der Waals surface area contributed by atoms with Crippen LogP contribution < -0.4 is 10.2 Å². The van der Waals surface area contributed by atoms with Crippen LogP contribution in [-0.2, 0) is 0 Å². The SMILES string of the molecule is CNc1nc(N(C)C2CCSC2)c(F)cc1F. The summed E-state index contributed by atoms with van der Waals surface area (Å²) in [5.41, 5.74) is 0. The molecule has 1 N–H and O–H groups in total. The van der Waals surface area contributed by atoms with Gasteiger partial charge in [-0.2, -0.15) is 11.8 Å². The fraction of sp³-hybridized carbons (Fsp3) is 0.545. The molecule has 1 saturated heterocycles. The first kappa shape index (κ1) is 12.4. The van der Waals surface area contributed by atoms with E-state index in [0.717, 1.165) is 24.0 Å². The van der Waals surface area contributed by atoms with E-state index in [1.807, 2.05) is 11.8 Å². The van der Waals surface area contributed by atoms with Crippen molar-refractivity contribution in [1.82, 2.24) is 4.98 Å². The van der Waals surface area contributed by atoms with Gasteiger partial charge in [0.2, 0.25) is 0 Å². The van der Waals surface area contributed by atoms with Crippen molar-refractivity contribution in [3.05, 3.63) is 17.7 Å². The molecule has 6 heteroatoms. The molecule has 0 bridgehead atoms. The smallest absolute Gasteiger partial charge is 0.168 e. The summed E-state index contributed by atoms with van der Waals surface area (Å²) in [4.78, 5) is 5.79. The number of nitrogens with one attached hydrogen (secondary N) is 1. The van der Waals surface area contributed by atoms with Crippen molar-refractivity contribution in [2.45, 2.75) is 12.5 Å². The molecule has 17 heavy (non-hydrogen) atoms. The summed E-state index contributed by atoms with van der Waals surface area (Å²) in [5.74, 6) is 1.06. The van der Waals surface area contributed by atoms with Crippen molar-refractivity contribution < 1.29 is 8.78 Å². The fourth-order valence-corrected chi connectivity index (χ4v) is 3.15. The number of nitrogens with zero attached hydrogens (tertiary/aromatic N) is 2. The summed E-state index contributed by atoms with van der Waals surface area (Å²) in [5, 5.41) is 2.62. The normalized spacial score (nSPS) is 19.4. The van der Waals surface area contributed by atoms with Crippen LogP contribution in [0.5, 0.6) is 0 Å². The monoisotopic (exact) mass is 259 g/mol. The molecule has 2 heterocycles. The zero-order valence-corrected chi connectivity index (χ0v) is 10.7.